The first-order valence-corrected chi connectivity index (χ1v) is 11.7. The Morgan fingerprint density at radius 1 is 1.00 bits per heavy atom. The standard InChI is InChI=1S/C26H35N5O2/c1-4-27-26(28-17-19-12-14-22(15-13-19)25(33)31(2)3)29-18-20-8-7-11-23(16-20)30-24(32)21-9-5-6-10-21/h7-8,11-16,21H,4-6,9-10,17-18H2,1-3H3,(H,30,32)(H2,27,28,29). The number of carbonyl (C=O) groups excluding carboxylic acids is 2. The summed E-state index contributed by atoms with van der Waals surface area (Å²) in [6, 6.07) is 15.5. The number of rotatable bonds is 8. The van der Waals surface area contributed by atoms with Gasteiger partial charge in [-0.1, -0.05) is 37.1 Å². The van der Waals surface area contributed by atoms with E-state index in [0.29, 0.717) is 24.6 Å². The maximum Gasteiger partial charge on any atom is 0.253 e. The maximum atomic E-state index is 12.4. The minimum atomic E-state index is -0.00827. The van der Waals surface area contributed by atoms with Crippen molar-refractivity contribution in [3.8, 4) is 0 Å². The number of amides is 2. The van der Waals surface area contributed by atoms with Gasteiger partial charge in [-0.15, -0.1) is 0 Å². The maximum absolute atomic E-state index is 12.4. The van der Waals surface area contributed by atoms with Crippen LogP contribution >= 0.6 is 0 Å². The van der Waals surface area contributed by atoms with Crippen molar-refractivity contribution in [2.24, 2.45) is 10.9 Å². The van der Waals surface area contributed by atoms with Gasteiger partial charge in [0.2, 0.25) is 5.91 Å². The summed E-state index contributed by atoms with van der Waals surface area (Å²) in [5, 5.41) is 9.65. The van der Waals surface area contributed by atoms with E-state index in [0.717, 1.165) is 49.0 Å². The molecule has 0 bridgehead atoms. The Kier molecular flexibility index (Phi) is 8.87. The predicted octanol–water partition coefficient (Wildman–Crippen LogP) is 3.77. The summed E-state index contributed by atoms with van der Waals surface area (Å²) in [6.45, 7) is 3.87. The van der Waals surface area contributed by atoms with Crippen LogP contribution < -0.4 is 16.0 Å². The van der Waals surface area contributed by atoms with Gasteiger partial charge in [0.15, 0.2) is 5.96 Å². The van der Waals surface area contributed by atoms with Gasteiger partial charge in [0.1, 0.15) is 0 Å². The van der Waals surface area contributed by atoms with E-state index >= 15 is 0 Å². The summed E-state index contributed by atoms with van der Waals surface area (Å²) in [5.41, 5.74) is 3.59. The molecule has 33 heavy (non-hydrogen) atoms. The lowest BCUT2D eigenvalue weighted by Gasteiger charge is -2.13. The minimum Gasteiger partial charge on any atom is -0.357 e. The van der Waals surface area contributed by atoms with Gasteiger partial charge in [-0.3, -0.25) is 9.59 Å². The van der Waals surface area contributed by atoms with E-state index in [9.17, 15) is 9.59 Å². The molecule has 0 atom stereocenters. The molecule has 0 spiro atoms. The van der Waals surface area contributed by atoms with Crippen molar-refractivity contribution in [1.29, 1.82) is 0 Å². The van der Waals surface area contributed by atoms with E-state index in [1.807, 2.05) is 55.5 Å². The highest BCUT2D eigenvalue weighted by Crippen LogP contribution is 2.26. The molecule has 1 aliphatic carbocycles. The normalized spacial score (nSPS) is 14.1. The van der Waals surface area contributed by atoms with Crippen LogP contribution in [0.15, 0.2) is 53.5 Å². The third-order valence-corrected chi connectivity index (χ3v) is 5.75. The Hall–Kier alpha value is -3.35. The molecule has 2 amide bonds. The van der Waals surface area contributed by atoms with Crippen molar-refractivity contribution in [2.45, 2.75) is 45.7 Å². The second-order valence-corrected chi connectivity index (χ2v) is 8.62. The average Bonchev–Trinajstić information content (AvgIpc) is 3.36. The summed E-state index contributed by atoms with van der Waals surface area (Å²) in [4.78, 5) is 30.7. The zero-order valence-electron chi connectivity index (χ0n) is 19.9. The quantitative estimate of drug-likeness (QED) is 0.423. The number of benzene rings is 2. The molecule has 0 aromatic heterocycles. The number of carbonyl (C=O) groups is 2. The van der Waals surface area contributed by atoms with Gasteiger partial charge in [0.05, 0.1) is 6.54 Å². The molecule has 7 heteroatoms. The number of hydrogen-bond acceptors (Lipinski definition) is 3. The summed E-state index contributed by atoms with van der Waals surface area (Å²) < 4.78 is 0. The van der Waals surface area contributed by atoms with Crippen LogP contribution in [0, 0.1) is 5.92 Å². The lowest BCUT2D eigenvalue weighted by Crippen LogP contribution is -2.36. The zero-order chi connectivity index (χ0) is 23.6. The fourth-order valence-corrected chi connectivity index (χ4v) is 3.90. The second kappa shape index (κ2) is 12.0. The van der Waals surface area contributed by atoms with Gasteiger partial charge in [0.25, 0.3) is 5.91 Å². The molecule has 0 saturated heterocycles. The van der Waals surface area contributed by atoms with Crippen LogP contribution in [0.5, 0.6) is 0 Å². The van der Waals surface area contributed by atoms with Crippen LogP contribution in [0.1, 0.15) is 54.1 Å². The van der Waals surface area contributed by atoms with E-state index < -0.39 is 0 Å². The first-order valence-electron chi connectivity index (χ1n) is 11.7. The molecule has 176 valence electrons. The number of anilines is 1. The van der Waals surface area contributed by atoms with Crippen molar-refractivity contribution in [1.82, 2.24) is 15.5 Å². The zero-order valence-corrected chi connectivity index (χ0v) is 19.9. The molecule has 1 fully saturated rings. The van der Waals surface area contributed by atoms with Gasteiger partial charge in [0, 0.05) is 44.4 Å². The SMILES string of the molecule is CCNC(=NCc1cccc(NC(=O)C2CCCC2)c1)NCc1ccc(C(=O)N(C)C)cc1. The van der Waals surface area contributed by atoms with Crippen LogP contribution in [-0.2, 0) is 17.9 Å². The Labute approximate surface area is 196 Å². The Morgan fingerprint density at radius 3 is 2.39 bits per heavy atom. The van der Waals surface area contributed by atoms with Gasteiger partial charge in [-0.05, 0) is 55.2 Å². The van der Waals surface area contributed by atoms with E-state index in [4.69, 9.17) is 0 Å². The first kappa shape index (κ1) is 24.3. The van der Waals surface area contributed by atoms with Crippen molar-refractivity contribution < 1.29 is 9.59 Å². The van der Waals surface area contributed by atoms with Gasteiger partial charge < -0.3 is 20.9 Å². The Morgan fingerprint density at radius 2 is 1.73 bits per heavy atom. The molecular formula is C26H35N5O2. The highest BCUT2D eigenvalue weighted by atomic mass is 16.2. The van der Waals surface area contributed by atoms with Crippen LogP contribution in [0.3, 0.4) is 0 Å². The van der Waals surface area contributed by atoms with Crippen molar-refractivity contribution in [3.63, 3.8) is 0 Å². The molecule has 0 radical (unpaired) electrons. The van der Waals surface area contributed by atoms with Crippen LogP contribution in [0.2, 0.25) is 0 Å². The Balaban J connectivity index is 1.57. The smallest absolute Gasteiger partial charge is 0.253 e. The van der Waals surface area contributed by atoms with Gasteiger partial charge >= 0.3 is 0 Å². The predicted molar refractivity (Wildman–Crippen MR) is 133 cm³/mol. The number of hydrogen-bond donors (Lipinski definition) is 3. The topological polar surface area (TPSA) is 85.8 Å². The molecule has 2 aromatic carbocycles. The molecule has 7 nitrogen and oxygen atoms in total. The summed E-state index contributed by atoms with van der Waals surface area (Å²) in [6.07, 6.45) is 4.27. The molecular weight excluding hydrogens is 414 g/mol. The molecule has 0 aliphatic heterocycles. The second-order valence-electron chi connectivity index (χ2n) is 8.62. The molecule has 0 unspecified atom stereocenters. The molecule has 3 rings (SSSR count). The van der Waals surface area contributed by atoms with Gasteiger partial charge in [-0.2, -0.15) is 0 Å². The van der Waals surface area contributed by atoms with E-state index in [-0.39, 0.29) is 17.7 Å². The summed E-state index contributed by atoms with van der Waals surface area (Å²) in [5.74, 6) is 0.977. The summed E-state index contributed by atoms with van der Waals surface area (Å²) in [7, 11) is 3.49. The lowest BCUT2D eigenvalue weighted by atomic mass is 10.1. The highest BCUT2D eigenvalue weighted by Gasteiger charge is 2.22. The minimum absolute atomic E-state index is 0.00827. The van der Waals surface area contributed by atoms with E-state index in [2.05, 4.69) is 20.9 Å². The molecule has 3 N–H and O–H groups in total. The largest absolute Gasteiger partial charge is 0.357 e. The third-order valence-electron chi connectivity index (χ3n) is 5.75. The molecule has 1 saturated carbocycles. The van der Waals surface area contributed by atoms with E-state index in [1.165, 1.54) is 0 Å². The highest BCUT2D eigenvalue weighted by molar-refractivity contribution is 5.94. The number of guanidine groups is 1. The Bertz CT molecular complexity index is 963. The van der Waals surface area contributed by atoms with Gasteiger partial charge in [-0.25, -0.2) is 4.99 Å². The van der Waals surface area contributed by atoms with Crippen molar-refractivity contribution in [2.75, 3.05) is 26.0 Å². The fourth-order valence-electron chi connectivity index (χ4n) is 3.90. The first-order chi connectivity index (χ1) is 16.0. The molecule has 1 aliphatic rings. The van der Waals surface area contributed by atoms with Crippen LogP contribution in [0.25, 0.3) is 0 Å². The number of nitrogens with zero attached hydrogens (tertiary/aromatic N) is 2. The number of nitrogens with one attached hydrogen (secondary N) is 3. The van der Waals surface area contributed by atoms with E-state index in [1.54, 1.807) is 19.0 Å². The molecule has 0 heterocycles. The fraction of sp³-hybridized carbons (Fsp3) is 0.423. The third kappa shape index (κ3) is 7.34. The van der Waals surface area contributed by atoms with Crippen LogP contribution in [0.4, 0.5) is 5.69 Å². The lowest BCUT2D eigenvalue weighted by molar-refractivity contribution is -0.119. The monoisotopic (exact) mass is 449 g/mol. The van der Waals surface area contributed by atoms with Crippen LogP contribution in [-0.4, -0.2) is 43.3 Å². The van der Waals surface area contributed by atoms with Crippen molar-refractivity contribution >= 4 is 23.5 Å². The summed E-state index contributed by atoms with van der Waals surface area (Å²) >= 11 is 0. The average molecular weight is 450 g/mol. The number of aliphatic imine (C=N–C) groups is 1. The molecule has 2 aromatic rings. The van der Waals surface area contributed by atoms with Crippen molar-refractivity contribution in [3.05, 3.63) is 65.2 Å².